The van der Waals surface area contributed by atoms with Crippen LogP contribution in [-0.4, -0.2) is 0 Å². The molecule has 246 valence electrons. The Balaban J connectivity index is 1.28. The van der Waals surface area contributed by atoms with Crippen molar-refractivity contribution in [1.29, 1.82) is 0 Å². The molecule has 10 rings (SSSR count). The van der Waals surface area contributed by atoms with E-state index in [1.807, 2.05) is 6.07 Å². The van der Waals surface area contributed by atoms with Crippen molar-refractivity contribution in [2.75, 3.05) is 0 Å². The summed E-state index contributed by atoms with van der Waals surface area (Å²) in [5.74, 6) is 7.18. The van der Waals surface area contributed by atoms with E-state index in [4.69, 9.17) is 0 Å². The fraction of sp³-hybridized carbons (Fsp3) is 0.115. The zero-order valence-electron chi connectivity index (χ0n) is 30.0. The van der Waals surface area contributed by atoms with Crippen LogP contribution in [-0.2, 0) is 10.8 Å². The van der Waals surface area contributed by atoms with Crippen molar-refractivity contribution < 1.29 is 0 Å². The van der Waals surface area contributed by atoms with Gasteiger partial charge in [0, 0.05) is 22.0 Å². The Morgan fingerprint density at radius 3 is 1.71 bits per heavy atom. The van der Waals surface area contributed by atoms with Crippen molar-refractivity contribution in [3.63, 3.8) is 0 Å². The summed E-state index contributed by atoms with van der Waals surface area (Å²) in [6, 6.07) is 58.2. The molecule has 0 saturated carbocycles. The zero-order valence-corrected chi connectivity index (χ0v) is 30.0. The van der Waals surface area contributed by atoms with E-state index in [2.05, 4.69) is 191 Å². The summed E-state index contributed by atoms with van der Waals surface area (Å²) >= 11 is 0. The molecule has 0 heterocycles. The Bertz CT molecular complexity index is 2830. The van der Waals surface area contributed by atoms with Crippen molar-refractivity contribution in [2.45, 2.75) is 38.5 Å². The van der Waals surface area contributed by atoms with Crippen molar-refractivity contribution in [3.05, 3.63) is 191 Å². The molecule has 0 aliphatic heterocycles. The molecule has 0 nitrogen and oxygen atoms in total. The average molecular weight is 663 g/mol. The van der Waals surface area contributed by atoms with Gasteiger partial charge >= 0.3 is 0 Å². The summed E-state index contributed by atoms with van der Waals surface area (Å²) in [6.07, 6.45) is 0. The molecule has 2 aliphatic rings. The minimum absolute atomic E-state index is 0.0644. The lowest BCUT2D eigenvalue weighted by Gasteiger charge is -2.23. The highest BCUT2D eigenvalue weighted by Crippen LogP contribution is 2.54. The summed E-state index contributed by atoms with van der Waals surface area (Å²) in [6.45, 7) is 9.45. The molecule has 0 saturated heterocycles. The minimum Gasteiger partial charge on any atom is -0.0622 e. The fourth-order valence-electron chi connectivity index (χ4n) is 9.29. The molecule has 0 fully saturated rings. The minimum atomic E-state index is -0.0887. The second-order valence-electron chi connectivity index (χ2n) is 15.5. The molecule has 0 spiro atoms. The van der Waals surface area contributed by atoms with E-state index in [0.717, 1.165) is 11.1 Å². The molecule has 0 bridgehead atoms. The molecule has 8 aromatic rings. The third kappa shape index (κ3) is 4.36. The molecule has 0 N–H and O–H groups in total. The van der Waals surface area contributed by atoms with Gasteiger partial charge in [-0.3, -0.25) is 0 Å². The van der Waals surface area contributed by atoms with Gasteiger partial charge in [-0.15, -0.1) is 0 Å². The highest BCUT2D eigenvalue weighted by molar-refractivity contribution is 6.19. The van der Waals surface area contributed by atoms with Crippen LogP contribution in [0.3, 0.4) is 0 Å². The number of fused-ring (bicyclic) bond motifs is 8. The van der Waals surface area contributed by atoms with Gasteiger partial charge in [0.05, 0.1) is 0 Å². The molecule has 0 amide bonds. The molecule has 0 heteroatoms. The van der Waals surface area contributed by atoms with Crippen molar-refractivity contribution in [2.24, 2.45) is 0 Å². The van der Waals surface area contributed by atoms with Gasteiger partial charge < -0.3 is 0 Å². The molecule has 52 heavy (non-hydrogen) atoms. The molecule has 2 aliphatic carbocycles. The van der Waals surface area contributed by atoms with Gasteiger partial charge in [-0.1, -0.05) is 173 Å². The van der Waals surface area contributed by atoms with Crippen molar-refractivity contribution in [3.8, 4) is 56.3 Å². The van der Waals surface area contributed by atoms with Crippen LogP contribution in [0.1, 0.15) is 61.1 Å². The molecular formula is C52H38. The summed E-state index contributed by atoms with van der Waals surface area (Å²) in [5.41, 5.74) is 17.9. The third-order valence-corrected chi connectivity index (χ3v) is 11.9. The van der Waals surface area contributed by atoms with E-state index in [1.54, 1.807) is 0 Å². The number of hydrogen-bond donors (Lipinski definition) is 0. The Morgan fingerprint density at radius 2 is 0.904 bits per heavy atom. The van der Waals surface area contributed by atoms with Gasteiger partial charge in [0.1, 0.15) is 0 Å². The standard InChI is InChI=1S/C52H38/c1-51(2)46-23-13-11-20-42(46)50-43(21-14-24-47(50)51)49-41-19-9-8-17-36(41)37(28-25-33-15-6-5-7-16-33)38-29-26-34(31-44(38)49)35-27-30-40-39-18-10-12-22-45(39)52(3,4)48(40)32-35/h5-24,26-27,29-32H,1-4H3. The Hall–Kier alpha value is -6.16. The first kappa shape index (κ1) is 30.6. The van der Waals surface area contributed by atoms with Crippen LogP contribution in [0.2, 0.25) is 0 Å². The van der Waals surface area contributed by atoms with Gasteiger partial charge in [-0.25, -0.2) is 0 Å². The Labute approximate surface area is 306 Å². The van der Waals surface area contributed by atoms with E-state index >= 15 is 0 Å². The first-order valence-electron chi connectivity index (χ1n) is 18.4. The maximum atomic E-state index is 3.67. The molecule has 0 aromatic heterocycles. The topological polar surface area (TPSA) is 0 Å². The second kappa shape index (κ2) is 11.2. The van der Waals surface area contributed by atoms with Gasteiger partial charge in [0.15, 0.2) is 0 Å². The van der Waals surface area contributed by atoms with Crippen LogP contribution in [0.5, 0.6) is 0 Å². The Kier molecular flexibility index (Phi) is 6.58. The molecule has 0 unspecified atom stereocenters. The van der Waals surface area contributed by atoms with Gasteiger partial charge in [-0.2, -0.15) is 0 Å². The number of rotatable bonds is 2. The van der Waals surface area contributed by atoms with E-state index in [-0.39, 0.29) is 10.8 Å². The molecule has 0 radical (unpaired) electrons. The average Bonchev–Trinajstić information content (AvgIpc) is 3.56. The lowest BCUT2D eigenvalue weighted by Crippen LogP contribution is -2.14. The predicted molar refractivity (Wildman–Crippen MR) is 220 cm³/mol. The number of hydrogen-bond acceptors (Lipinski definition) is 0. The van der Waals surface area contributed by atoms with Gasteiger partial charge in [-0.05, 0) is 113 Å². The maximum absolute atomic E-state index is 3.67. The smallest absolute Gasteiger partial charge is 0.0406 e. The molecule has 0 atom stereocenters. The third-order valence-electron chi connectivity index (χ3n) is 11.9. The van der Waals surface area contributed by atoms with E-state index < -0.39 is 0 Å². The highest BCUT2D eigenvalue weighted by atomic mass is 14.4. The number of benzene rings is 8. The first-order chi connectivity index (χ1) is 25.3. The monoisotopic (exact) mass is 662 g/mol. The Morgan fingerprint density at radius 1 is 0.346 bits per heavy atom. The van der Waals surface area contributed by atoms with Crippen LogP contribution in [0.4, 0.5) is 0 Å². The SMILES string of the molecule is CC1(C)c2ccccc2-c2ccc(-c3ccc4c(C#Cc5ccccc5)c5ccccc5c(-c5cccc6c5-c5ccccc5C6(C)C)c4c3)cc21. The van der Waals surface area contributed by atoms with Crippen molar-refractivity contribution in [1.82, 2.24) is 0 Å². The maximum Gasteiger partial charge on any atom is 0.0406 e. The lowest BCUT2D eigenvalue weighted by molar-refractivity contribution is 0.660. The summed E-state index contributed by atoms with van der Waals surface area (Å²) in [5, 5.41) is 4.82. The van der Waals surface area contributed by atoms with Crippen molar-refractivity contribution >= 4 is 21.5 Å². The van der Waals surface area contributed by atoms with Gasteiger partial charge in [0.2, 0.25) is 0 Å². The van der Waals surface area contributed by atoms with Crippen LogP contribution in [0.25, 0.3) is 66.1 Å². The van der Waals surface area contributed by atoms with Crippen LogP contribution < -0.4 is 0 Å². The summed E-state index contributed by atoms with van der Waals surface area (Å²) in [7, 11) is 0. The molecular weight excluding hydrogens is 625 g/mol. The van der Waals surface area contributed by atoms with Crippen LogP contribution >= 0.6 is 0 Å². The van der Waals surface area contributed by atoms with E-state index in [0.29, 0.717) is 0 Å². The second-order valence-corrected chi connectivity index (χ2v) is 15.5. The van der Waals surface area contributed by atoms with Crippen LogP contribution in [0.15, 0.2) is 158 Å². The largest absolute Gasteiger partial charge is 0.0622 e. The fourth-order valence-corrected chi connectivity index (χ4v) is 9.29. The normalized spacial score (nSPS) is 14.3. The van der Waals surface area contributed by atoms with E-state index in [1.165, 1.54) is 88.3 Å². The molecule has 8 aromatic carbocycles. The van der Waals surface area contributed by atoms with Gasteiger partial charge in [0.25, 0.3) is 0 Å². The lowest BCUT2D eigenvalue weighted by atomic mass is 9.80. The van der Waals surface area contributed by atoms with Crippen LogP contribution in [0, 0.1) is 11.8 Å². The predicted octanol–water partition coefficient (Wildman–Crippen LogP) is 13.3. The first-order valence-corrected chi connectivity index (χ1v) is 18.4. The highest BCUT2D eigenvalue weighted by Gasteiger charge is 2.37. The van der Waals surface area contributed by atoms with E-state index in [9.17, 15) is 0 Å². The summed E-state index contributed by atoms with van der Waals surface area (Å²) in [4.78, 5) is 0. The summed E-state index contributed by atoms with van der Waals surface area (Å²) < 4.78 is 0. The zero-order chi connectivity index (χ0) is 35.2. The quantitative estimate of drug-likeness (QED) is 0.128.